The van der Waals surface area contributed by atoms with Crippen molar-refractivity contribution in [2.45, 2.75) is 37.9 Å². The third-order valence-electron chi connectivity index (χ3n) is 6.16. The molecule has 0 saturated carbocycles. The van der Waals surface area contributed by atoms with Crippen LogP contribution in [0.1, 0.15) is 46.3 Å². The molecule has 0 radical (unpaired) electrons. The molecule has 0 aromatic heterocycles. The van der Waals surface area contributed by atoms with Crippen molar-refractivity contribution in [3.05, 3.63) is 70.8 Å². The van der Waals surface area contributed by atoms with Crippen molar-refractivity contribution in [3.8, 4) is 0 Å². The highest BCUT2D eigenvalue weighted by Gasteiger charge is 2.29. The van der Waals surface area contributed by atoms with Gasteiger partial charge in [-0.1, -0.05) is 42.5 Å². The summed E-state index contributed by atoms with van der Waals surface area (Å²) < 4.78 is 26.8. The van der Waals surface area contributed by atoms with Gasteiger partial charge in [-0.2, -0.15) is 4.31 Å². The van der Waals surface area contributed by atoms with Crippen LogP contribution in [-0.4, -0.2) is 55.5 Å². The highest BCUT2D eigenvalue weighted by atomic mass is 32.2. The summed E-state index contributed by atoms with van der Waals surface area (Å²) in [6.45, 7) is 1.30. The number of sulfonamides is 1. The van der Waals surface area contributed by atoms with Gasteiger partial charge >= 0.3 is 0 Å². The molecule has 1 amide bonds. The number of amides is 1. The zero-order valence-electron chi connectivity index (χ0n) is 17.6. The molecule has 1 heterocycles. The van der Waals surface area contributed by atoms with Gasteiger partial charge in [-0.3, -0.25) is 9.59 Å². The number of piperazine rings is 1. The van der Waals surface area contributed by atoms with E-state index in [1.54, 1.807) is 17.0 Å². The van der Waals surface area contributed by atoms with Gasteiger partial charge in [0.1, 0.15) is 0 Å². The summed E-state index contributed by atoms with van der Waals surface area (Å²) in [4.78, 5) is 26.8. The zero-order valence-corrected chi connectivity index (χ0v) is 18.4. The Kier molecular flexibility index (Phi) is 6.53. The standard InChI is InChI=1S/C24H28N2O4S/c27-23(22-10-9-20-7-4-8-21(20)17-22)11-12-24(28)25-13-15-26(16-14-25)31(29,30)18-19-5-2-1-3-6-19/h1-3,5-6,9-10,17H,4,7-8,11-16,18H2. The van der Waals surface area contributed by atoms with Gasteiger partial charge in [0.15, 0.2) is 5.78 Å². The maximum atomic E-state index is 12.7. The van der Waals surface area contributed by atoms with Crippen LogP contribution in [0.5, 0.6) is 0 Å². The van der Waals surface area contributed by atoms with E-state index in [1.807, 2.05) is 36.4 Å². The van der Waals surface area contributed by atoms with Gasteiger partial charge in [-0.15, -0.1) is 0 Å². The van der Waals surface area contributed by atoms with Crippen LogP contribution in [0.3, 0.4) is 0 Å². The predicted molar refractivity (Wildman–Crippen MR) is 119 cm³/mol. The Balaban J connectivity index is 1.26. The van der Waals surface area contributed by atoms with E-state index in [-0.39, 0.29) is 30.3 Å². The first kappa shape index (κ1) is 21.7. The van der Waals surface area contributed by atoms with E-state index < -0.39 is 10.0 Å². The van der Waals surface area contributed by atoms with Crippen LogP contribution in [-0.2, 0) is 33.4 Å². The van der Waals surface area contributed by atoms with Gasteiger partial charge < -0.3 is 4.90 Å². The second-order valence-electron chi connectivity index (χ2n) is 8.28. The highest BCUT2D eigenvalue weighted by Crippen LogP contribution is 2.23. The Bertz CT molecular complexity index is 1060. The van der Waals surface area contributed by atoms with Crippen LogP contribution in [0.15, 0.2) is 48.5 Å². The lowest BCUT2D eigenvalue weighted by molar-refractivity contribution is -0.132. The third-order valence-corrected chi connectivity index (χ3v) is 8.01. The van der Waals surface area contributed by atoms with Crippen LogP contribution in [0, 0.1) is 0 Å². The smallest absolute Gasteiger partial charge is 0.223 e. The van der Waals surface area contributed by atoms with Gasteiger partial charge in [-0.05, 0) is 42.0 Å². The van der Waals surface area contributed by atoms with E-state index in [4.69, 9.17) is 0 Å². The van der Waals surface area contributed by atoms with E-state index in [2.05, 4.69) is 0 Å². The van der Waals surface area contributed by atoms with Crippen molar-refractivity contribution in [1.29, 1.82) is 0 Å². The molecular weight excluding hydrogens is 412 g/mol. The number of nitrogens with zero attached hydrogens (tertiary/aromatic N) is 2. The Morgan fingerprint density at radius 2 is 1.55 bits per heavy atom. The summed E-state index contributed by atoms with van der Waals surface area (Å²) in [6, 6.07) is 15.0. The molecule has 1 saturated heterocycles. The molecule has 0 unspecified atom stereocenters. The second kappa shape index (κ2) is 9.32. The molecule has 4 rings (SSSR count). The lowest BCUT2D eigenvalue weighted by Gasteiger charge is -2.34. The molecule has 2 aromatic carbocycles. The maximum Gasteiger partial charge on any atom is 0.223 e. The molecular formula is C24H28N2O4S. The van der Waals surface area contributed by atoms with Gasteiger partial charge in [0.25, 0.3) is 0 Å². The van der Waals surface area contributed by atoms with Gasteiger partial charge in [0.05, 0.1) is 5.75 Å². The topological polar surface area (TPSA) is 74.8 Å². The van der Waals surface area contributed by atoms with Gasteiger partial charge in [0.2, 0.25) is 15.9 Å². The fourth-order valence-corrected chi connectivity index (χ4v) is 5.88. The second-order valence-corrected chi connectivity index (χ2v) is 10.3. The molecule has 31 heavy (non-hydrogen) atoms. The number of carbonyl (C=O) groups excluding carboxylic acids is 2. The lowest BCUT2D eigenvalue weighted by atomic mass is 10.0. The normalized spacial score (nSPS) is 16.8. The Labute approximate surface area is 183 Å². The number of ketones is 1. The maximum absolute atomic E-state index is 12.7. The van der Waals surface area contributed by atoms with Crippen molar-refractivity contribution in [1.82, 2.24) is 9.21 Å². The van der Waals surface area contributed by atoms with Gasteiger partial charge in [-0.25, -0.2) is 8.42 Å². The van der Waals surface area contributed by atoms with Crippen molar-refractivity contribution in [2.24, 2.45) is 0 Å². The average Bonchev–Trinajstić information content (AvgIpc) is 3.25. The predicted octanol–water partition coefficient (Wildman–Crippen LogP) is 2.81. The van der Waals surface area contributed by atoms with Crippen LogP contribution in [0.2, 0.25) is 0 Å². The number of carbonyl (C=O) groups is 2. The van der Waals surface area contributed by atoms with E-state index >= 15 is 0 Å². The van der Waals surface area contributed by atoms with Crippen LogP contribution < -0.4 is 0 Å². The molecule has 2 aromatic rings. The lowest BCUT2D eigenvalue weighted by Crippen LogP contribution is -2.50. The number of rotatable bonds is 7. The zero-order chi connectivity index (χ0) is 21.8. The number of fused-ring (bicyclic) bond motifs is 1. The molecule has 7 heteroatoms. The SMILES string of the molecule is O=C(CCC(=O)N1CCN(S(=O)(=O)Cc2ccccc2)CC1)c1ccc2c(c1)CCC2. The van der Waals surface area contributed by atoms with Crippen molar-refractivity contribution in [3.63, 3.8) is 0 Å². The first-order valence-electron chi connectivity index (χ1n) is 10.9. The summed E-state index contributed by atoms with van der Waals surface area (Å²) in [5.74, 6) is -0.126. The molecule has 164 valence electrons. The van der Waals surface area contributed by atoms with Crippen molar-refractivity contribution < 1.29 is 18.0 Å². The summed E-state index contributed by atoms with van der Waals surface area (Å²) in [5, 5.41) is 0. The average molecular weight is 441 g/mol. The number of Topliss-reactive ketones (excluding diaryl/α,β-unsaturated/α-hetero) is 1. The van der Waals surface area contributed by atoms with Crippen LogP contribution in [0.4, 0.5) is 0 Å². The minimum absolute atomic E-state index is 0.00729. The van der Waals surface area contributed by atoms with Crippen molar-refractivity contribution >= 4 is 21.7 Å². The molecule has 1 aliphatic carbocycles. The number of hydrogen-bond acceptors (Lipinski definition) is 4. The molecule has 2 aliphatic rings. The quantitative estimate of drug-likeness (QED) is 0.621. The Hall–Kier alpha value is -2.51. The van der Waals surface area contributed by atoms with E-state index in [9.17, 15) is 18.0 Å². The fraction of sp³-hybridized carbons (Fsp3) is 0.417. The summed E-state index contributed by atoms with van der Waals surface area (Å²) >= 11 is 0. The largest absolute Gasteiger partial charge is 0.340 e. The minimum Gasteiger partial charge on any atom is -0.340 e. The Morgan fingerprint density at radius 1 is 0.839 bits per heavy atom. The molecule has 0 spiro atoms. The van der Waals surface area contributed by atoms with E-state index in [0.29, 0.717) is 31.7 Å². The Morgan fingerprint density at radius 3 is 2.29 bits per heavy atom. The molecule has 0 atom stereocenters. The number of benzene rings is 2. The summed E-state index contributed by atoms with van der Waals surface area (Å²) in [7, 11) is -3.41. The number of hydrogen-bond donors (Lipinski definition) is 0. The number of aryl methyl sites for hydroxylation is 2. The van der Waals surface area contributed by atoms with Crippen molar-refractivity contribution in [2.75, 3.05) is 26.2 Å². The molecule has 1 fully saturated rings. The first-order chi connectivity index (χ1) is 14.9. The summed E-state index contributed by atoms with van der Waals surface area (Å²) in [6.07, 6.45) is 3.58. The first-order valence-corrected chi connectivity index (χ1v) is 12.5. The fourth-order valence-electron chi connectivity index (χ4n) is 4.36. The van der Waals surface area contributed by atoms with E-state index in [1.165, 1.54) is 15.4 Å². The summed E-state index contributed by atoms with van der Waals surface area (Å²) in [5.41, 5.74) is 4.02. The molecule has 6 nitrogen and oxygen atoms in total. The monoisotopic (exact) mass is 440 g/mol. The molecule has 0 N–H and O–H groups in total. The van der Waals surface area contributed by atoms with E-state index in [0.717, 1.165) is 24.8 Å². The third kappa shape index (κ3) is 5.22. The molecule has 1 aliphatic heterocycles. The minimum atomic E-state index is -3.41. The van der Waals surface area contributed by atoms with Crippen LogP contribution >= 0.6 is 0 Å². The van der Waals surface area contributed by atoms with Crippen LogP contribution in [0.25, 0.3) is 0 Å². The van der Waals surface area contributed by atoms with Gasteiger partial charge in [0, 0.05) is 44.6 Å². The highest BCUT2D eigenvalue weighted by molar-refractivity contribution is 7.88. The molecule has 0 bridgehead atoms.